The molecular weight excluding hydrogens is 393 g/mol. The molecule has 3 heterocycles. The number of rotatable bonds is 7. The third-order valence-corrected chi connectivity index (χ3v) is 5.27. The molecule has 0 aliphatic heterocycles. The molecule has 0 saturated heterocycles. The Morgan fingerprint density at radius 1 is 1.31 bits per heavy atom. The summed E-state index contributed by atoms with van der Waals surface area (Å²) in [6, 6.07) is 9.33. The number of aryl methyl sites for hydroxylation is 2. The van der Waals surface area contributed by atoms with E-state index in [-0.39, 0.29) is 18.1 Å². The van der Waals surface area contributed by atoms with Crippen molar-refractivity contribution in [2.24, 2.45) is 7.05 Å². The molecule has 1 aromatic carbocycles. The van der Waals surface area contributed by atoms with E-state index < -0.39 is 6.04 Å². The molecule has 0 bridgehead atoms. The number of benzene rings is 1. The Balaban J connectivity index is 1.44. The first-order valence-electron chi connectivity index (χ1n) is 8.98. The molecular formula is C20H18FN5O2S. The van der Waals surface area contributed by atoms with E-state index in [1.807, 2.05) is 29.1 Å². The molecule has 3 aromatic heterocycles. The Morgan fingerprint density at radius 3 is 2.83 bits per heavy atom. The standard InChI is InChI=1S/C20H18FN5O2S/c1-26-11-10-22-20(26)18(13-4-6-14(21)7-5-13)23-16(27)8-9-17-24-19(25-28-17)15-3-2-12-29-15/h2-7,10-12,18H,8-9H2,1H3,(H,23,27). The number of nitrogens with one attached hydrogen (secondary N) is 1. The van der Waals surface area contributed by atoms with Crippen LogP contribution in [0.2, 0.25) is 0 Å². The quantitative estimate of drug-likeness (QED) is 0.503. The summed E-state index contributed by atoms with van der Waals surface area (Å²) in [5, 5.41) is 8.85. The number of amides is 1. The van der Waals surface area contributed by atoms with Crippen molar-refractivity contribution in [3.8, 4) is 10.7 Å². The highest BCUT2D eigenvalue weighted by atomic mass is 32.1. The van der Waals surface area contributed by atoms with Crippen LogP contribution in [0.1, 0.15) is 29.7 Å². The van der Waals surface area contributed by atoms with Crippen molar-refractivity contribution in [1.82, 2.24) is 25.0 Å². The first-order valence-corrected chi connectivity index (χ1v) is 9.86. The van der Waals surface area contributed by atoms with Crippen LogP contribution in [0.4, 0.5) is 4.39 Å². The predicted octanol–water partition coefficient (Wildman–Crippen LogP) is 3.51. The number of halogens is 1. The van der Waals surface area contributed by atoms with Crippen molar-refractivity contribution in [1.29, 1.82) is 0 Å². The van der Waals surface area contributed by atoms with Crippen LogP contribution in [0, 0.1) is 5.82 Å². The lowest BCUT2D eigenvalue weighted by molar-refractivity contribution is -0.121. The lowest BCUT2D eigenvalue weighted by Crippen LogP contribution is -2.31. The summed E-state index contributed by atoms with van der Waals surface area (Å²) < 4.78 is 20.4. The van der Waals surface area contributed by atoms with Crippen LogP contribution in [0.3, 0.4) is 0 Å². The van der Waals surface area contributed by atoms with E-state index in [0.717, 1.165) is 10.4 Å². The lowest BCUT2D eigenvalue weighted by Gasteiger charge is -2.19. The normalized spacial score (nSPS) is 12.1. The molecule has 0 fully saturated rings. The largest absolute Gasteiger partial charge is 0.342 e. The molecule has 1 N–H and O–H groups in total. The molecule has 0 radical (unpaired) electrons. The van der Waals surface area contributed by atoms with Crippen LogP contribution in [0.5, 0.6) is 0 Å². The first kappa shape index (κ1) is 19.0. The molecule has 4 rings (SSSR count). The summed E-state index contributed by atoms with van der Waals surface area (Å²) in [4.78, 5) is 22.2. The third kappa shape index (κ3) is 4.40. The van der Waals surface area contributed by atoms with Gasteiger partial charge in [-0.15, -0.1) is 11.3 Å². The van der Waals surface area contributed by atoms with E-state index >= 15 is 0 Å². The maximum atomic E-state index is 13.3. The zero-order chi connectivity index (χ0) is 20.2. The second kappa shape index (κ2) is 8.36. The number of nitrogens with zero attached hydrogens (tertiary/aromatic N) is 4. The fourth-order valence-electron chi connectivity index (χ4n) is 2.92. The molecule has 9 heteroatoms. The fraction of sp³-hybridized carbons (Fsp3) is 0.200. The minimum Gasteiger partial charge on any atom is -0.342 e. The van der Waals surface area contributed by atoms with Crippen LogP contribution in [-0.2, 0) is 18.3 Å². The van der Waals surface area contributed by atoms with Gasteiger partial charge in [-0.05, 0) is 29.1 Å². The summed E-state index contributed by atoms with van der Waals surface area (Å²) in [6.45, 7) is 0. The number of aromatic nitrogens is 4. The first-order chi connectivity index (χ1) is 14.1. The summed E-state index contributed by atoms with van der Waals surface area (Å²) in [7, 11) is 1.84. The minimum atomic E-state index is -0.493. The Labute approximate surface area is 170 Å². The number of imidazole rings is 1. The van der Waals surface area contributed by atoms with Gasteiger partial charge in [-0.2, -0.15) is 4.98 Å². The van der Waals surface area contributed by atoms with Gasteiger partial charge in [-0.25, -0.2) is 9.37 Å². The van der Waals surface area contributed by atoms with Crippen LogP contribution < -0.4 is 5.32 Å². The summed E-state index contributed by atoms with van der Waals surface area (Å²) >= 11 is 1.52. The topological polar surface area (TPSA) is 85.8 Å². The molecule has 1 atom stereocenters. The summed E-state index contributed by atoms with van der Waals surface area (Å²) in [5.41, 5.74) is 0.742. The smallest absolute Gasteiger partial charge is 0.227 e. The average Bonchev–Trinajstić information content (AvgIpc) is 3.47. The Hall–Kier alpha value is -3.33. The van der Waals surface area contributed by atoms with Gasteiger partial charge in [0.05, 0.1) is 4.88 Å². The molecule has 0 saturated carbocycles. The molecule has 1 unspecified atom stereocenters. The van der Waals surface area contributed by atoms with E-state index in [0.29, 0.717) is 24.0 Å². The summed E-state index contributed by atoms with van der Waals surface area (Å²) in [6.07, 6.45) is 3.94. The van der Waals surface area contributed by atoms with Gasteiger partial charge < -0.3 is 14.4 Å². The molecule has 148 valence electrons. The van der Waals surface area contributed by atoms with Crippen LogP contribution >= 0.6 is 11.3 Å². The van der Waals surface area contributed by atoms with E-state index in [9.17, 15) is 9.18 Å². The number of carbonyl (C=O) groups is 1. The molecule has 0 aliphatic carbocycles. The number of thiophene rings is 1. The molecule has 0 aliphatic rings. The van der Waals surface area contributed by atoms with E-state index in [1.165, 1.54) is 23.5 Å². The lowest BCUT2D eigenvalue weighted by atomic mass is 10.1. The zero-order valence-corrected chi connectivity index (χ0v) is 16.4. The van der Waals surface area contributed by atoms with Crippen LogP contribution in [0.15, 0.2) is 58.7 Å². The highest BCUT2D eigenvalue weighted by Gasteiger charge is 2.21. The van der Waals surface area contributed by atoms with Gasteiger partial charge in [-0.3, -0.25) is 4.79 Å². The van der Waals surface area contributed by atoms with Crippen molar-refractivity contribution in [3.63, 3.8) is 0 Å². The number of hydrogen-bond donors (Lipinski definition) is 1. The van der Waals surface area contributed by atoms with Crippen molar-refractivity contribution in [3.05, 3.63) is 77.3 Å². The molecule has 29 heavy (non-hydrogen) atoms. The van der Waals surface area contributed by atoms with E-state index in [1.54, 1.807) is 24.5 Å². The van der Waals surface area contributed by atoms with Crippen molar-refractivity contribution >= 4 is 17.2 Å². The van der Waals surface area contributed by atoms with E-state index in [2.05, 4.69) is 20.4 Å². The third-order valence-electron chi connectivity index (χ3n) is 4.40. The minimum absolute atomic E-state index is 0.175. The van der Waals surface area contributed by atoms with Gasteiger partial charge in [0.2, 0.25) is 17.6 Å². The van der Waals surface area contributed by atoms with Gasteiger partial charge >= 0.3 is 0 Å². The SMILES string of the molecule is Cn1ccnc1C(NC(=O)CCc1nc(-c2cccs2)no1)c1ccc(F)cc1. The van der Waals surface area contributed by atoms with Crippen molar-refractivity contribution in [2.45, 2.75) is 18.9 Å². The van der Waals surface area contributed by atoms with Gasteiger partial charge in [0.1, 0.15) is 17.7 Å². The van der Waals surface area contributed by atoms with Gasteiger partial charge in [0.15, 0.2) is 0 Å². The summed E-state index contributed by atoms with van der Waals surface area (Å²) in [5.74, 6) is 1.05. The van der Waals surface area contributed by atoms with Gasteiger partial charge in [-0.1, -0.05) is 23.4 Å². The Morgan fingerprint density at radius 2 is 2.14 bits per heavy atom. The number of hydrogen-bond acceptors (Lipinski definition) is 6. The molecule has 4 aromatic rings. The van der Waals surface area contributed by atoms with Crippen LogP contribution in [-0.4, -0.2) is 25.6 Å². The fourth-order valence-corrected chi connectivity index (χ4v) is 3.57. The second-order valence-corrected chi connectivity index (χ2v) is 7.39. The second-order valence-electron chi connectivity index (χ2n) is 6.44. The van der Waals surface area contributed by atoms with Crippen LogP contribution in [0.25, 0.3) is 10.7 Å². The van der Waals surface area contributed by atoms with Crippen molar-refractivity contribution < 1.29 is 13.7 Å². The van der Waals surface area contributed by atoms with Gasteiger partial charge in [0.25, 0.3) is 0 Å². The molecule has 7 nitrogen and oxygen atoms in total. The highest BCUT2D eigenvalue weighted by Crippen LogP contribution is 2.23. The maximum Gasteiger partial charge on any atom is 0.227 e. The highest BCUT2D eigenvalue weighted by molar-refractivity contribution is 7.13. The Bertz CT molecular complexity index is 1090. The number of carbonyl (C=O) groups excluding carboxylic acids is 1. The van der Waals surface area contributed by atoms with Crippen molar-refractivity contribution in [2.75, 3.05) is 0 Å². The predicted molar refractivity (Wildman–Crippen MR) is 106 cm³/mol. The molecule has 0 spiro atoms. The van der Waals surface area contributed by atoms with E-state index in [4.69, 9.17) is 4.52 Å². The Kier molecular flexibility index (Phi) is 5.48. The monoisotopic (exact) mass is 411 g/mol. The van der Waals surface area contributed by atoms with Gasteiger partial charge in [0, 0.05) is 32.3 Å². The molecule has 1 amide bonds. The zero-order valence-electron chi connectivity index (χ0n) is 15.6. The maximum absolute atomic E-state index is 13.3. The average molecular weight is 411 g/mol.